The van der Waals surface area contributed by atoms with Crippen molar-refractivity contribution < 1.29 is 13.5 Å². The van der Waals surface area contributed by atoms with Gasteiger partial charge in [0.15, 0.2) is 0 Å². The number of nitrogen functional groups attached to an aromatic ring is 1. The van der Waals surface area contributed by atoms with E-state index < -0.39 is 10.2 Å². The van der Waals surface area contributed by atoms with Gasteiger partial charge in [-0.1, -0.05) is 19.1 Å². The Morgan fingerprint density at radius 1 is 1.43 bits per heavy atom. The summed E-state index contributed by atoms with van der Waals surface area (Å²) in [5.41, 5.74) is 6.71. The normalized spacial score (nSPS) is 20.4. The highest BCUT2D eigenvalue weighted by Gasteiger charge is 2.33. The monoisotopic (exact) mass is 313 g/mol. The standard InChI is InChI=1S/C14H23N3O3S/c1-12-5-4-8-16(11-12)21(19,20)17(9-10-18)14-7-3-2-6-13(14)15/h2-3,6-7,12,18H,4-5,8-11,15H2,1H3. The van der Waals surface area contributed by atoms with E-state index in [1.165, 1.54) is 8.61 Å². The first-order chi connectivity index (χ1) is 9.96. The van der Waals surface area contributed by atoms with Crippen molar-refractivity contribution in [2.75, 3.05) is 36.3 Å². The molecule has 0 aliphatic carbocycles. The average Bonchev–Trinajstić information content (AvgIpc) is 2.45. The van der Waals surface area contributed by atoms with Crippen molar-refractivity contribution in [1.82, 2.24) is 4.31 Å². The zero-order valence-electron chi connectivity index (χ0n) is 12.3. The smallest absolute Gasteiger partial charge is 0.304 e. The SMILES string of the molecule is CC1CCCN(S(=O)(=O)N(CCO)c2ccccc2N)C1. The van der Waals surface area contributed by atoms with E-state index in [0.717, 1.165) is 12.8 Å². The van der Waals surface area contributed by atoms with Crippen molar-refractivity contribution in [3.8, 4) is 0 Å². The van der Waals surface area contributed by atoms with Gasteiger partial charge in [-0.15, -0.1) is 0 Å². The topological polar surface area (TPSA) is 86.9 Å². The Morgan fingerprint density at radius 3 is 2.76 bits per heavy atom. The van der Waals surface area contributed by atoms with Crippen LogP contribution in [0.4, 0.5) is 11.4 Å². The third kappa shape index (κ3) is 3.48. The fourth-order valence-corrected chi connectivity index (χ4v) is 4.47. The molecular formula is C14H23N3O3S. The first-order valence-electron chi connectivity index (χ1n) is 7.20. The number of piperidine rings is 1. The molecule has 1 aromatic rings. The molecule has 1 saturated heterocycles. The van der Waals surface area contributed by atoms with Crippen LogP contribution in [0.25, 0.3) is 0 Å². The van der Waals surface area contributed by atoms with Crippen LogP contribution in [0.1, 0.15) is 19.8 Å². The maximum atomic E-state index is 12.9. The number of hydrogen-bond acceptors (Lipinski definition) is 4. The van der Waals surface area contributed by atoms with Crippen molar-refractivity contribution in [1.29, 1.82) is 0 Å². The van der Waals surface area contributed by atoms with E-state index in [2.05, 4.69) is 6.92 Å². The second-order valence-corrected chi connectivity index (χ2v) is 7.32. The van der Waals surface area contributed by atoms with Crippen molar-refractivity contribution in [3.63, 3.8) is 0 Å². The van der Waals surface area contributed by atoms with E-state index in [1.54, 1.807) is 24.3 Å². The average molecular weight is 313 g/mol. The van der Waals surface area contributed by atoms with Crippen molar-refractivity contribution in [2.24, 2.45) is 5.92 Å². The molecule has 1 atom stereocenters. The Labute approximate surface area is 126 Å². The van der Waals surface area contributed by atoms with Crippen LogP contribution < -0.4 is 10.0 Å². The lowest BCUT2D eigenvalue weighted by Crippen LogP contribution is -2.48. The van der Waals surface area contributed by atoms with Crippen molar-refractivity contribution >= 4 is 21.6 Å². The maximum absolute atomic E-state index is 12.9. The number of nitrogens with zero attached hydrogens (tertiary/aromatic N) is 2. The number of aliphatic hydroxyl groups is 1. The quantitative estimate of drug-likeness (QED) is 0.795. The van der Waals surface area contributed by atoms with E-state index >= 15 is 0 Å². The Balaban J connectivity index is 2.34. The largest absolute Gasteiger partial charge is 0.397 e. The van der Waals surface area contributed by atoms with Gasteiger partial charge in [0.2, 0.25) is 0 Å². The van der Waals surface area contributed by atoms with Gasteiger partial charge in [-0.25, -0.2) is 0 Å². The molecule has 6 nitrogen and oxygen atoms in total. The van der Waals surface area contributed by atoms with Gasteiger partial charge in [0, 0.05) is 13.1 Å². The van der Waals surface area contributed by atoms with Gasteiger partial charge in [-0.05, 0) is 30.9 Å². The fourth-order valence-electron chi connectivity index (χ4n) is 2.66. The van der Waals surface area contributed by atoms with E-state index in [-0.39, 0.29) is 13.2 Å². The Morgan fingerprint density at radius 2 is 2.14 bits per heavy atom. The highest BCUT2D eigenvalue weighted by molar-refractivity contribution is 7.90. The molecule has 0 amide bonds. The predicted octanol–water partition coefficient (Wildman–Crippen LogP) is 1.04. The van der Waals surface area contributed by atoms with Gasteiger partial charge in [-0.2, -0.15) is 12.7 Å². The Bertz CT molecular complexity index is 577. The highest BCUT2D eigenvalue weighted by Crippen LogP contribution is 2.28. The fraction of sp³-hybridized carbons (Fsp3) is 0.571. The summed E-state index contributed by atoms with van der Waals surface area (Å²) < 4.78 is 28.4. The molecule has 1 aliphatic rings. The number of anilines is 2. The summed E-state index contributed by atoms with van der Waals surface area (Å²) in [4.78, 5) is 0. The molecule has 0 aromatic heterocycles. The summed E-state index contributed by atoms with van der Waals surface area (Å²) in [6, 6.07) is 6.82. The first kappa shape index (κ1) is 16.1. The molecule has 1 aromatic carbocycles. The summed E-state index contributed by atoms with van der Waals surface area (Å²) in [6.45, 7) is 2.83. The second-order valence-electron chi connectivity index (χ2n) is 5.47. The Kier molecular flexibility index (Phi) is 5.08. The van der Waals surface area contributed by atoms with Gasteiger partial charge in [0.05, 0.1) is 24.5 Å². The molecular weight excluding hydrogens is 290 g/mol. The van der Waals surface area contributed by atoms with E-state index in [0.29, 0.717) is 30.4 Å². The second kappa shape index (κ2) is 6.64. The zero-order valence-corrected chi connectivity index (χ0v) is 13.1. The molecule has 1 heterocycles. The number of nitrogens with two attached hydrogens (primary N) is 1. The maximum Gasteiger partial charge on any atom is 0.304 e. The molecule has 1 unspecified atom stereocenters. The van der Waals surface area contributed by atoms with Gasteiger partial charge in [0.1, 0.15) is 0 Å². The predicted molar refractivity (Wildman–Crippen MR) is 84.2 cm³/mol. The lowest BCUT2D eigenvalue weighted by Gasteiger charge is -2.35. The third-order valence-corrected chi connectivity index (χ3v) is 5.65. The molecule has 3 N–H and O–H groups in total. The van der Waals surface area contributed by atoms with Crippen LogP contribution in [-0.4, -0.2) is 44.1 Å². The molecule has 2 rings (SSSR count). The van der Waals surface area contributed by atoms with E-state index in [4.69, 9.17) is 5.73 Å². The molecule has 1 fully saturated rings. The lowest BCUT2D eigenvalue weighted by molar-refractivity contribution is 0.276. The van der Waals surface area contributed by atoms with Crippen LogP contribution in [0.5, 0.6) is 0 Å². The summed E-state index contributed by atoms with van der Waals surface area (Å²) in [5.74, 6) is 0.345. The zero-order chi connectivity index (χ0) is 15.5. The molecule has 21 heavy (non-hydrogen) atoms. The van der Waals surface area contributed by atoms with Crippen LogP contribution in [0.3, 0.4) is 0 Å². The molecule has 0 bridgehead atoms. The molecule has 118 valence electrons. The van der Waals surface area contributed by atoms with Crippen molar-refractivity contribution in [2.45, 2.75) is 19.8 Å². The Hall–Kier alpha value is -1.31. The minimum Gasteiger partial charge on any atom is -0.397 e. The van der Waals surface area contributed by atoms with Crippen LogP contribution in [-0.2, 0) is 10.2 Å². The van der Waals surface area contributed by atoms with Crippen molar-refractivity contribution in [3.05, 3.63) is 24.3 Å². The summed E-state index contributed by atoms with van der Waals surface area (Å²) >= 11 is 0. The number of benzene rings is 1. The molecule has 0 saturated carbocycles. The molecule has 7 heteroatoms. The third-order valence-electron chi connectivity index (χ3n) is 3.73. The van der Waals surface area contributed by atoms with Crippen LogP contribution in [0.2, 0.25) is 0 Å². The lowest BCUT2D eigenvalue weighted by atomic mass is 10.0. The minimum atomic E-state index is -3.67. The summed E-state index contributed by atoms with van der Waals surface area (Å²) in [6.07, 6.45) is 1.90. The van der Waals surface area contributed by atoms with Gasteiger partial charge in [-0.3, -0.25) is 4.31 Å². The summed E-state index contributed by atoms with van der Waals surface area (Å²) in [5, 5.41) is 9.24. The van der Waals surface area contributed by atoms with Crippen LogP contribution in [0.15, 0.2) is 24.3 Å². The molecule has 0 radical (unpaired) electrons. The minimum absolute atomic E-state index is 0.00142. The number of rotatable bonds is 5. The van der Waals surface area contributed by atoms with E-state index in [1.807, 2.05) is 0 Å². The number of hydrogen-bond donors (Lipinski definition) is 2. The molecule has 1 aliphatic heterocycles. The molecule has 0 spiro atoms. The van der Waals surface area contributed by atoms with Gasteiger partial charge >= 0.3 is 10.2 Å². The van der Waals surface area contributed by atoms with Crippen LogP contribution in [0, 0.1) is 5.92 Å². The number of para-hydroxylation sites is 2. The van der Waals surface area contributed by atoms with Crippen LogP contribution >= 0.6 is 0 Å². The van der Waals surface area contributed by atoms with E-state index in [9.17, 15) is 13.5 Å². The van der Waals surface area contributed by atoms with Gasteiger partial charge in [0.25, 0.3) is 0 Å². The number of aliphatic hydroxyl groups excluding tert-OH is 1. The van der Waals surface area contributed by atoms with Gasteiger partial charge < -0.3 is 10.8 Å². The summed E-state index contributed by atoms with van der Waals surface area (Å²) in [7, 11) is -3.67. The first-order valence-corrected chi connectivity index (χ1v) is 8.59. The highest BCUT2D eigenvalue weighted by atomic mass is 32.2.